The van der Waals surface area contributed by atoms with Crippen molar-refractivity contribution in [1.82, 2.24) is 0 Å². The Morgan fingerprint density at radius 2 is 1.58 bits per heavy atom. The standard InChI is InChI=1S/C15H21NO2S/c1-13(2)11-7-5-6-8-12(11)14(3,4)15(13,9-10-17)19-16-18/h5-8,17H,9-10H2,1-4H3. The van der Waals surface area contributed by atoms with Crippen LogP contribution < -0.4 is 0 Å². The normalized spacial score (nSPS) is 21.9. The first-order valence-corrected chi connectivity index (χ1v) is 7.34. The number of benzene rings is 1. The molecule has 0 unspecified atom stereocenters. The smallest absolute Gasteiger partial charge is 0.0616 e. The van der Waals surface area contributed by atoms with Crippen LogP contribution >= 0.6 is 11.9 Å². The number of aliphatic hydroxyl groups is 1. The van der Waals surface area contributed by atoms with Crippen LogP contribution in [-0.4, -0.2) is 16.5 Å². The topological polar surface area (TPSA) is 49.7 Å². The number of hydrogen-bond acceptors (Lipinski definition) is 4. The Bertz CT molecular complexity index is 462. The minimum atomic E-state index is -0.416. The van der Waals surface area contributed by atoms with Crippen molar-refractivity contribution in [2.75, 3.05) is 6.61 Å². The summed E-state index contributed by atoms with van der Waals surface area (Å²) in [7, 11) is 0. The van der Waals surface area contributed by atoms with Crippen molar-refractivity contribution in [3.63, 3.8) is 0 Å². The van der Waals surface area contributed by atoms with Crippen molar-refractivity contribution < 1.29 is 5.11 Å². The van der Waals surface area contributed by atoms with Gasteiger partial charge in [0.2, 0.25) is 0 Å². The van der Waals surface area contributed by atoms with E-state index in [1.165, 1.54) is 11.1 Å². The van der Waals surface area contributed by atoms with Gasteiger partial charge >= 0.3 is 0 Å². The van der Waals surface area contributed by atoms with Crippen LogP contribution in [0.1, 0.15) is 45.2 Å². The lowest BCUT2D eigenvalue weighted by Crippen LogP contribution is -2.51. The van der Waals surface area contributed by atoms with Gasteiger partial charge in [-0.3, -0.25) is 0 Å². The second-order valence-corrected chi connectivity index (χ2v) is 7.29. The van der Waals surface area contributed by atoms with E-state index >= 15 is 0 Å². The molecule has 1 aliphatic carbocycles. The third-order valence-corrected chi connectivity index (χ3v) is 6.56. The summed E-state index contributed by atoms with van der Waals surface area (Å²) in [6, 6.07) is 8.32. The number of fused-ring (bicyclic) bond motifs is 1. The van der Waals surface area contributed by atoms with Crippen LogP contribution in [0.3, 0.4) is 0 Å². The van der Waals surface area contributed by atoms with Crippen molar-refractivity contribution in [1.29, 1.82) is 0 Å². The Balaban J connectivity index is 2.72. The largest absolute Gasteiger partial charge is 0.396 e. The van der Waals surface area contributed by atoms with E-state index in [0.717, 1.165) is 11.9 Å². The first-order valence-electron chi connectivity index (χ1n) is 6.57. The summed E-state index contributed by atoms with van der Waals surface area (Å²) in [6.07, 6.45) is 0.554. The summed E-state index contributed by atoms with van der Waals surface area (Å²) in [5, 5.41) is 9.50. The average Bonchev–Trinajstić information content (AvgIpc) is 2.49. The highest BCUT2D eigenvalue weighted by molar-refractivity contribution is 7.99. The average molecular weight is 279 g/mol. The maximum Gasteiger partial charge on any atom is 0.0616 e. The van der Waals surface area contributed by atoms with Gasteiger partial charge < -0.3 is 5.11 Å². The maximum absolute atomic E-state index is 11.0. The van der Waals surface area contributed by atoms with Gasteiger partial charge in [0.25, 0.3) is 0 Å². The van der Waals surface area contributed by atoms with E-state index in [1.807, 2.05) is 12.1 Å². The minimum Gasteiger partial charge on any atom is -0.396 e. The highest BCUT2D eigenvalue weighted by Gasteiger charge is 2.63. The molecule has 0 aliphatic heterocycles. The van der Waals surface area contributed by atoms with E-state index in [0.29, 0.717) is 6.42 Å². The molecular weight excluding hydrogens is 258 g/mol. The fourth-order valence-corrected chi connectivity index (χ4v) is 4.90. The van der Waals surface area contributed by atoms with Crippen LogP contribution in [0.15, 0.2) is 28.8 Å². The zero-order valence-electron chi connectivity index (χ0n) is 11.9. The van der Waals surface area contributed by atoms with Crippen LogP contribution in [0.25, 0.3) is 0 Å². The molecule has 0 atom stereocenters. The molecule has 0 aromatic heterocycles. The van der Waals surface area contributed by atoms with Crippen LogP contribution in [-0.2, 0) is 10.8 Å². The molecule has 0 radical (unpaired) electrons. The summed E-state index contributed by atoms with van der Waals surface area (Å²) in [5.41, 5.74) is 2.08. The Morgan fingerprint density at radius 1 is 1.11 bits per heavy atom. The molecule has 0 bridgehead atoms. The molecule has 0 heterocycles. The van der Waals surface area contributed by atoms with Crippen LogP contribution in [0.4, 0.5) is 0 Å². The molecular formula is C15H21NO2S. The van der Waals surface area contributed by atoms with Gasteiger partial charge in [-0.1, -0.05) is 52.0 Å². The molecule has 4 heteroatoms. The molecule has 1 aromatic rings. The highest BCUT2D eigenvalue weighted by Crippen LogP contribution is 2.64. The van der Waals surface area contributed by atoms with Gasteiger partial charge in [0.1, 0.15) is 0 Å². The van der Waals surface area contributed by atoms with Gasteiger partial charge in [-0.15, -0.1) is 4.91 Å². The van der Waals surface area contributed by atoms with Crippen molar-refractivity contribution in [2.24, 2.45) is 4.58 Å². The zero-order valence-corrected chi connectivity index (χ0v) is 12.8. The molecule has 1 aliphatic rings. The monoisotopic (exact) mass is 279 g/mol. The summed E-state index contributed by atoms with van der Waals surface area (Å²) >= 11 is 1.09. The van der Waals surface area contributed by atoms with Crippen molar-refractivity contribution >= 4 is 11.9 Å². The Kier molecular flexibility index (Phi) is 3.52. The van der Waals surface area contributed by atoms with Gasteiger partial charge in [-0.2, -0.15) is 0 Å². The van der Waals surface area contributed by atoms with E-state index in [-0.39, 0.29) is 17.4 Å². The zero-order chi connectivity index (χ0) is 14.3. The molecule has 0 saturated carbocycles. The summed E-state index contributed by atoms with van der Waals surface area (Å²) in [4.78, 5) is 11.0. The molecule has 19 heavy (non-hydrogen) atoms. The molecule has 0 amide bonds. The number of rotatable bonds is 4. The molecule has 1 N–H and O–H groups in total. The molecule has 1 aromatic carbocycles. The fraction of sp³-hybridized carbons (Fsp3) is 0.600. The van der Waals surface area contributed by atoms with Crippen molar-refractivity contribution in [3.8, 4) is 0 Å². The van der Waals surface area contributed by atoms with E-state index in [2.05, 4.69) is 44.4 Å². The number of nitroso groups, excluding NO2 is 1. The van der Waals surface area contributed by atoms with Crippen LogP contribution in [0, 0.1) is 4.91 Å². The van der Waals surface area contributed by atoms with Gasteiger partial charge in [0, 0.05) is 34.0 Å². The SMILES string of the molecule is CC1(C)c2ccccc2C(C)(C)C1(CCO)SN=O. The summed E-state index contributed by atoms with van der Waals surface area (Å²) < 4.78 is 2.72. The predicted octanol–water partition coefficient (Wildman–Crippen LogP) is 3.79. The van der Waals surface area contributed by atoms with E-state index in [9.17, 15) is 10.0 Å². The number of hydrogen-bond donors (Lipinski definition) is 1. The Labute approximate surface area is 118 Å². The highest BCUT2D eigenvalue weighted by atomic mass is 32.2. The molecule has 104 valence electrons. The second kappa shape index (κ2) is 4.60. The first kappa shape index (κ1) is 14.5. The summed E-state index contributed by atoms with van der Waals surface area (Å²) in [6.45, 7) is 8.65. The number of nitrogens with zero attached hydrogens (tertiary/aromatic N) is 1. The minimum absolute atomic E-state index is 0.0589. The fourth-order valence-electron chi connectivity index (χ4n) is 3.91. The second-order valence-electron chi connectivity index (χ2n) is 6.26. The third kappa shape index (κ3) is 1.69. The summed E-state index contributed by atoms with van der Waals surface area (Å²) in [5.74, 6) is 0. The Morgan fingerprint density at radius 3 is 1.95 bits per heavy atom. The molecule has 0 fully saturated rings. The Hall–Kier alpha value is -0.870. The van der Waals surface area contributed by atoms with E-state index in [1.54, 1.807) is 0 Å². The van der Waals surface area contributed by atoms with Gasteiger partial charge in [-0.25, -0.2) is 0 Å². The lowest BCUT2D eigenvalue weighted by molar-refractivity contribution is 0.199. The lowest BCUT2D eigenvalue weighted by Gasteiger charge is -2.47. The molecule has 0 saturated heterocycles. The lowest BCUT2D eigenvalue weighted by atomic mass is 9.67. The number of aliphatic hydroxyl groups excluding tert-OH is 1. The van der Waals surface area contributed by atoms with E-state index < -0.39 is 4.75 Å². The molecule has 0 spiro atoms. The predicted molar refractivity (Wildman–Crippen MR) is 80.3 cm³/mol. The third-order valence-electron chi connectivity index (χ3n) is 4.95. The van der Waals surface area contributed by atoms with E-state index in [4.69, 9.17) is 0 Å². The molecule has 2 rings (SSSR count). The quantitative estimate of drug-likeness (QED) is 0.674. The van der Waals surface area contributed by atoms with Crippen LogP contribution in [0.5, 0.6) is 0 Å². The first-order chi connectivity index (χ1) is 8.85. The van der Waals surface area contributed by atoms with Crippen molar-refractivity contribution in [3.05, 3.63) is 40.3 Å². The van der Waals surface area contributed by atoms with Gasteiger partial charge in [-0.05, 0) is 17.5 Å². The van der Waals surface area contributed by atoms with Gasteiger partial charge in [0.05, 0.1) is 4.75 Å². The molecule has 3 nitrogen and oxygen atoms in total. The van der Waals surface area contributed by atoms with Gasteiger partial charge in [0.15, 0.2) is 0 Å². The van der Waals surface area contributed by atoms with Crippen LogP contribution in [0.2, 0.25) is 0 Å². The van der Waals surface area contributed by atoms with Crippen molar-refractivity contribution in [2.45, 2.75) is 49.7 Å². The maximum atomic E-state index is 11.0.